The van der Waals surface area contributed by atoms with Crippen LogP contribution in [-0.2, 0) is 0 Å². The van der Waals surface area contributed by atoms with E-state index in [1.165, 1.54) is 0 Å². The molecule has 0 aliphatic heterocycles. The SMILES string of the molecule is CCCC(CCO)CNCC(O)c1ccco1. The Morgan fingerprint density at radius 2 is 2.18 bits per heavy atom. The Morgan fingerprint density at radius 3 is 2.76 bits per heavy atom. The number of aliphatic hydroxyl groups is 2. The summed E-state index contributed by atoms with van der Waals surface area (Å²) in [5, 5.41) is 21.9. The molecule has 1 aromatic heterocycles. The third kappa shape index (κ3) is 5.35. The minimum absolute atomic E-state index is 0.229. The van der Waals surface area contributed by atoms with E-state index in [2.05, 4.69) is 12.2 Å². The Labute approximate surface area is 103 Å². The number of nitrogens with one attached hydrogen (secondary N) is 1. The van der Waals surface area contributed by atoms with Gasteiger partial charge in [-0.15, -0.1) is 0 Å². The molecule has 0 aliphatic rings. The fourth-order valence-corrected chi connectivity index (χ4v) is 1.94. The lowest BCUT2D eigenvalue weighted by atomic mass is 10.0. The van der Waals surface area contributed by atoms with E-state index < -0.39 is 6.10 Å². The number of aliphatic hydroxyl groups excluding tert-OH is 2. The maximum Gasteiger partial charge on any atom is 0.133 e. The van der Waals surface area contributed by atoms with Gasteiger partial charge in [-0.05, 0) is 37.4 Å². The molecule has 98 valence electrons. The third-order valence-corrected chi connectivity index (χ3v) is 2.88. The standard InChI is InChI=1S/C13H23NO3/c1-2-4-11(6-7-15)9-14-10-12(16)13-5-3-8-17-13/h3,5,8,11-12,14-16H,2,4,6-7,9-10H2,1H3. The van der Waals surface area contributed by atoms with E-state index in [-0.39, 0.29) is 6.61 Å². The van der Waals surface area contributed by atoms with Crippen LogP contribution in [0.1, 0.15) is 38.1 Å². The first-order valence-electron chi connectivity index (χ1n) is 6.31. The van der Waals surface area contributed by atoms with E-state index >= 15 is 0 Å². The van der Waals surface area contributed by atoms with Crippen molar-refractivity contribution in [3.63, 3.8) is 0 Å². The maximum absolute atomic E-state index is 9.78. The van der Waals surface area contributed by atoms with E-state index in [9.17, 15) is 5.11 Å². The summed E-state index contributed by atoms with van der Waals surface area (Å²) in [6.07, 6.45) is 4.00. The quantitative estimate of drug-likeness (QED) is 0.615. The summed E-state index contributed by atoms with van der Waals surface area (Å²) in [6.45, 7) is 3.68. The van der Waals surface area contributed by atoms with Gasteiger partial charge in [0.05, 0.1) is 6.26 Å². The molecule has 2 unspecified atom stereocenters. The lowest BCUT2D eigenvalue weighted by Crippen LogP contribution is -2.27. The van der Waals surface area contributed by atoms with Crippen LogP contribution in [0.2, 0.25) is 0 Å². The molecule has 0 aromatic carbocycles. The van der Waals surface area contributed by atoms with Gasteiger partial charge in [0, 0.05) is 13.2 Å². The summed E-state index contributed by atoms with van der Waals surface area (Å²) in [6, 6.07) is 3.54. The molecule has 4 heteroatoms. The van der Waals surface area contributed by atoms with E-state index in [1.807, 2.05) is 0 Å². The van der Waals surface area contributed by atoms with Gasteiger partial charge in [0.1, 0.15) is 11.9 Å². The van der Waals surface area contributed by atoms with Crippen LogP contribution in [-0.4, -0.2) is 29.9 Å². The zero-order valence-electron chi connectivity index (χ0n) is 10.4. The van der Waals surface area contributed by atoms with Crippen molar-refractivity contribution in [1.82, 2.24) is 5.32 Å². The van der Waals surface area contributed by atoms with Gasteiger partial charge in [0.25, 0.3) is 0 Å². The second-order valence-electron chi connectivity index (χ2n) is 4.36. The van der Waals surface area contributed by atoms with Crippen molar-refractivity contribution in [2.24, 2.45) is 5.92 Å². The first-order chi connectivity index (χ1) is 8.27. The van der Waals surface area contributed by atoms with Gasteiger partial charge < -0.3 is 19.9 Å². The molecule has 0 saturated heterocycles. The molecule has 0 aliphatic carbocycles. The average molecular weight is 241 g/mol. The molecule has 0 bridgehead atoms. The largest absolute Gasteiger partial charge is 0.467 e. The molecule has 4 nitrogen and oxygen atoms in total. The Morgan fingerprint density at radius 1 is 1.35 bits per heavy atom. The molecular weight excluding hydrogens is 218 g/mol. The van der Waals surface area contributed by atoms with Gasteiger partial charge in [-0.25, -0.2) is 0 Å². The zero-order valence-corrected chi connectivity index (χ0v) is 10.4. The van der Waals surface area contributed by atoms with E-state index in [0.29, 0.717) is 18.2 Å². The van der Waals surface area contributed by atoms with E-state index in [4.69, 9.17) is 9.52 Å². The van der Waals surface area contributed by atoms with Crippen molar-refractivity contribution >= 4 is 0 Å². The number of furan rings is 1. The van der Waals surface area contributed by atoms with Gasteiger partial charge in [-0.3, -0.25) is 0 Å². The second-order valence-corrected chi connectivity index (χ2v) is 4.36. The molecule has 1 aromatic rings. The predicted molar refractivity (Wildman–Crippen MR) is 66.6 cm³/mol. The van der Waals surface area contributed by atoms with Crippen molar-refractivity contribution in [2.75, 3.05) is 19.7 Å². The maximum atomic E-state index is 9.78. The topological polar surface area (TPSA) is 65.6 Å². The number of hydrogen-bond acceptors (Lipinski definition) is 4. The first-order valence-corrected chi connectivity index (χ1v) is 6.31. The smallest absolute Gasteiger partial charge is 0.133 e. The minimum atomic E-state index is -0.596. The summed E-state index contributed by atoms with van der Waals surface area (Å²) in [7, 11) is 0. The number of rotatable bonds is 9. The number of hydrogen-bond donors (Lipinski definition) is 3. The molecule has 0 radical (unpaired) electrons. The Kier molecular flexibility index (Phi) is 6.93. The monoisotopic (exact) mass is 241 g/mol. The van der Waals surface area contributed by atoms with Crippen LogP contribution >= 0.6 is 0 Å². The molecule has 0 fully saturated rings. The first kappa shape index (κ1) is 14.2. The minimum Gasteiger partial charge on any atom is -0.467 e. The second kappa shape index (κ2) is 8.28. The van der Waals surface area contributed by atoms with Crippen LogP contribution < -0.4 is 5.32 Å². The molecule has 0 amide bonds. The van der Waals surface area contributed by atoms with Crippen LogP contribution in [0, 0.1) is 5.92 Å². The summed E-state index contributed by atoms with van der Waals surface area (Å²) >= 11 is 0. The van der Waals surface area contributed by atoms with Gasteiger partial charge in [0.15, 0.2) is 0 Å². The van der Waals surface area contributed by atoms with Crippen molar-refractivity contribution in [3.05, 3.63) is 24.2 Å². The van der Waals surface area contributed by atoms with Crippen molar-refractivity contribution in [3.8, 4) is 0 Å². The van der Waals surface area contributed by atoms with Crippen LogP contribution in [0.25, 0.3) is 0 Å². The van der Waals surface area contributed by atoms with Gasteiger partial charge in [-0.1, -0.05) is 13.3 Å². The lowest BCUT2D eigenvalue weighted by molar-refractivity contribution is 0.144. The molecule has 1 rings (SSSR count). The van der Waals surface area contributed by atoms with E-state index in [0.717, 1.165) is 25.8 Å². The Bertz CT molecular complexity index is 268. The van der Waals surface area contributed by atoms with Crippen molar-refractivity contribution < 1.29 is 14.6 Å². The highest BCUT2D eigenvalue weighted by molar-refractivity contribution is 5.02. The van der Waals surface area contributed by atoms with Crippen molar-refractivity contribution in [2.45, 2.75) is 32.3 Å². The molecule has 1 heterocycles. The highest BCUT2D eigenvalue weighted by Gasteiger charge is 2.11. The average Bonchev–Trinajstić information content (AvgIpc) is 2.83. The van der Waals surface area contributed by atoms with Crippen LogP contribution in [0.15, 0.2) is 22.8 Å². The highest BCUT2D eigenvalue weighted by atomic mass is 16.4. The molecule has 0 saturated carbocycles. The summed E-state index contributed by atoms with van der Waals surface area (Å²) < 4.78 is 5.12. The van der Waals surface area contributed by atoms with Crippen LogP contribution in [0.4, 0.5) is 0 Å². The Hall–Kier alpha value is -0.840. The highest BCUT2D eigenvalue weighted by Crippen LogP contribution is 2.13. The van der Waals surface area contributed by atoms with Gasteiger partial charge in [0.2, 0.25) is 0 Å². The molecule has 2 atom stereocenters. The van der Waals surface area contributed by atoms with Crippen LogP contribution in [0.3, 0.4) is 0 Å². The Balaban J connectivity index is 2.21. The molecule has 3 N–H and O–H groups in total. The molecular formula is C13H23NO3. The predicted octanol–water partition coefficient (Wildman–Crippen LogP) is 1.70. The summed E-state index contributed by atoms with van der Waals surface area (Å²) in [5.41, 5.74) is 0. The zero-order chi connectivity index (χ0) is 12.5. The molecule has 0 spiro atoms. The van der Waals surface area contributed by atoms with E-state index in [1.54, 1.807) is 18.4 Å². The summed E-state index contributed by atoms with van der Waals surface area (Å²) in [4.78, 5) is 0. The van der Waals surface area contributed by atoms with Crippen LogP contribution in [0.5, 0.6) is 0 Å². The van der Waals surface area contributed by atoms with Gasteiger partial charge >= 0.3 is 0 Å². The third-order valence-electron chi connectivity index (χ3n) is 2.88. The molecule has 17 heavy (non-hydrogen) atoms. The summed E-state index contributed by atoms with van der Waals surface area (Å²) in [5.74, 6) is 1.07. The van der Waals surface area contributed by atoms with Gasteiger partial charge in [-0.2, -0.15) is 0 Å². The normalized spacial score (nSPS) is 14.8. The fourth-order valence-electron chi connectivity index (χ4n) is 1.94. The fraction of sp³-hybridized carbons (Fsp3) is 0.692. The van der Waals surface area contributed by atoms with Crippen molar-refractivity contribution in [1.29, 1.82) is 0 Å². The lowest BCUT2D eigenvalue weighted by Gasteiger charge is -2.16.